The monoisotopic (exact) mass is 495 g/mol. The summed E-state index contributed by atoms with van der Waals surface area (Å²) in [5, 5.41) is 30.4. The summed E-state index contributed by atoms with van der Waals surface area (Å²) >= 11 is 9.24. The lowest BCUT2D eigenvalue weighted by Gasteiger charge is -2.22. The summed E-state index contributed by atoms with van der Waals surface area (Å²) in [5.41, 5.74) is 0.243. The number of aliphatic hydroxyl groups is 1. The minimum Gasteiger partial charge on any atom is -0.506 e. The Morgan fingerprint density at radius 2 is 2.11 bits per heavy atom. The van der Waals surface area contributed by atoms with Crippen LogP contribution in [0, 0.1) is 0 Å². The average molecular weight is 497 g/mol. The van der Waals surface area contributed by atoms with Gasteiger partial charge in [0.05, 0.1) is 28.2 Å². The highest BCUT2D eigenvalue weighted by atomic mass is 79.9. The summed E-state index contributed by atoms with van der Waals surface area (Å²) in [6.07, 6.45) is 0.767. The van der Waals surface area contributed by atoms with E-state index in [0.29, 0.717) is 10.3 Å². The van der Waals surface area contributed by atoms with Crippen LogP contribution in [0.5, 0.6) is 5.75 Å². The number of halogens is 2. The third-order valence-electron chi connectivity index (χ3n) is 3.56. The molecule has 2 atom stereocenters. The molecule has 13 heteroatoms. The molecule has 10 nitrogen and oxygen atoms in total. The molecule has 0 fully saturated rings. The van der Waals surface area contributed by atoms with Crippen LogP contribution in [0.1, 0.15) is 6.92 Å². The Morgan fingerprint density at radius 1 is 1.43 bits per heavy atom. The number of aliphatic hydroxyl groups excluding tert-OH is 1. The molecular weight excluding hydrogens is 478 g/mol. The SMILES string of the molecule is COC[C@@H](Nc1nc(Nc2cc(O)c(S(N)(=O)=O)c(Cl)c2)ncc1Br)[C@@H](C)O. The first kappa shape index (κ1) is 22.6. The number of phenols is 1. The molecule has 0 amide bonds. The number of anilines is 3. The van der Waals surface area contributed by atoms with Crippen molar-refractivity contribution >= 4 is 55.0 Å². The molecule has 0 bridgehead atoms. The minimum absolute atomic E-state index is 0.131. The van der Waals surface area contributed by atoms with Gasteiger partial charge in [-0.25, -0.2) is 18.5 Å². The number of ether oxygens (including phenoxy) is 1. The number of benzene rings is 1. The van der Waals surface area contributed by atoms with E-state index in [4.69, 9.17) is 21.5 Å². The van der Waals surface area contributed by atoms with Crippen molar-refractivity contribution in [2.24, 2.45) is 5.14 Å². The molecule has 0 aliphatic rings. The van der Waals surface area contributed by atoms with Crippen LogP contribution in [0.2, 0.25) is 5.02 Å². The van der Waals surface area contributed by atoms with Crippen LogP contribution in [-0.4, -0.2) is 54.5 Å². The quantitative estimate of drug-likeness (QED) is 0.367. The summed E-state index contributed by atoms with van der Waals surface area (Å²) < 4.78 is 28.6. The maximum Gasteiger partial charge on any atom is 0.243 e. The molecule has 1 aromatic heterocycles. The summed E-state index contributed by atoms with van der Waals surface area (Å²) in [6.45, 7) is 1.86. The van der Waals surface area contributed by atoms with Crippen molar-refractivity contribution in [3.8, 4) is 5.75 Å². The lowest BCUT2D eigenvalue weighted by Crippen LogP contribution is -2.36. The number of rotatable bonds is 8. The van der Waals surface area contributed by atoms with Gasteiger partial charge in [0, 0.05) is 25.1 Å². The third-order valence-corrected chi connectivity index (χ3v) is 5.55. The Kier molecular flexibility index (Phi) is 7.42. The minimum atomic E-state index is -4.19. The number of nitrogens with one attached hydrogen (secondary N) is 2. The molecule has 0 saturated carbocycles. The van der Waals surface area contributed by atoms with E-state index in [2.05, 4.69) is 36.5 Å². The molecule has 2 rings (SSSR count). The zero-order valence-corrected chi connectivity index (χ0v) is 18.0. The van der Waals surface area contributed by atoms with E-state index in [9.17, 15) is 18.6 Å². The van der Waals surface area contributed by atoms with Crippen molar-refractivity contribution in [2.45, 2.75) is 24.0 Å². The summed E-state index contributed by atoms with van der Waals surface area (Å²) in [4.78, 5) is 7.81. The van der Waals surface area contributed by atoms with Gasteiger partial charge < -0.3 is 25.6 Å². The summed E-state index contributed by atoms with van der Waals surface area (Å²) in [6, 6.07) is 1.98. The Morgan fingerprint density at radius 3 is 2.64 bits per heavy atom. The molecule has 0 saturated heterocycles. The van der Waals surface area contributed by atoms with Gasteiger partial charge in [0.15, 0.2) is 0 Å². The number of sulfonamides is 1. The molecule has 1 heterocycles. The number of methoxy groups -OCH3 is 1. The van der Waals surface area contributed by atoms with Crippen molar-refractivity contribution in [1.29, 1.82) is 0 Å². The topological polar surface area (TPSA) is 160 Å². The normalized spacial score (nSPS) is 13.8. The Labute approximate surface area is 175 Å². The molecule has 28 heavy (non-hydrogen) atoms. The molecule has 0 aliphatic heterocycles. The maximum absolute atomic E-state index is 11.5. The first-order chi connectivity index (χ1) is 13.0. The van der Waals surface area contributed by atoms with Crippen molar-refractivity contribution in [3.05, 3.63) is 27.8 Å². The maximum atomic E-state index is 11.5. The van der Waals surface area contributed by atoms with Gasteiger partial charge in [0.25, 0.3) is 0 Å². The highest BCUT2D eigenvalue weighted by Crippen LogP contribution is 2.34. The number of hydrogen-bond donors (Lipinski definition) is 5. The van der Waals surface area contributed by atoms with Crippen LogP contribution >= 0.6 is 27.5 Å². The highest BCUT2D eigenvalue weighted by Gasteiger charge is 2.20. The van der Waals surface area contributed by atoms with Gasteiger partial charge in [0.2, 0.25) is 16.0 Å². The molecule has 0 aliphatic carbocycles. The lowest BCUT2D eigenvalue weighted by atomic mass is 10.2. The van der Waals surface area contributed by atoms with E-state index in [0.717, 1.165) is 6.07 Å². The molecule has 2 aromatic rings. The molecule has 0 unspecified atom stereocenters. The van der Waals surface area contributed by atoms with Gasteiger partial charge >= 0.3 is 0 Å². The third kappa shape index (κ3) is 5.65. The van der Waals surface area contributed by atoms with Gasteiger partial charge in [-0.1, -0.05) is 11.6 Å². The smallest absolute Gasteiger partial charge is 0.243 e. The number of nitrogens with zero attached hydrogens (tertiary/aromatic N) is 2. The standard InChI is InChI=1S/C15H19BrClN5O5S/c1-7(23)11(6-27-2)21-14-9(16)5-19-15(22-14)20-8-3-10(17)13(12(24)4-8)28(18,25)26/h3-5,7,11,23-24H,6H2,1-2H3,(H2,18,25,26)(H2,19,20,21,22)/t7-,11-/m1/s1. The van der Waals surface area contributed by atoms with Crippen LogP contribution in [0.25, 0.3) is 0 Å². The lowest BCUT2D eigenvalue weighted by molar-refractivity contribution is 0.106. The Balaban J connectivity index is 2.31. The molecule has 0 spiro atoms. The van der Waals surface area contributed by atoms with Gasteiger partial charge in [-0.2, -0.15) is 4.98 Å². The fourth-order valence-corrected chi connectivity index (χ4v) is 3.77. The largest absolute Gasteiger partial charge is 0.506 e. The zero-order chi connectivity index (χ0) is 21.1. The highest BCUT2D eigenvalue weighted by molar-refractivity contribution is 9.10. The number of phenolic OH excluding ortho intramolecular Hbond substituents is 1. The van der Waals surface area contributed by atoms with Crippen LogP contribution < -0.4 is 15.8 Å². The zero-order valence-electron chi connectivity index (χ0n) is 14.8. The van der Waals surface area contributed by atoms with Crippen molar-refractivity contribution in [1.82, 2.24) is 9.97 Å². The number of aromatic hydroxyl groups is 1. The summed E-state index contributed by atoms with van der Waals surface area (Å²) in [5.74, 6) is -0.0922. The molecule has 6 N–H and O–H groups in total. The number of primary sulfonamides is 1. The molecular formula is C15H19BrClN5O5S. The Hall–Kier alpha value is -1.70. The van der Waals surface area contributed by atoms with Crippen LogP contribution in [0.4, 0.5) is 17.5 Å². The second-order valence-electron chi connectivity index (χ2n) is 5.81. The van der Waals surface area contributed by atoms with Crippen molar-refractivity contribution in [2.75, 3.05) is 24.4 Å². The van der Waals surface area contributed by atoms with E-state index < -0.39 is 32.8 Å². The second kappa shape index (κ2) is 9.20. The van der Waals surface area contributed by atoms with E-state index in [1.165, 1.54) is 19.4 Å². The summed E-state index contributed by atoms with van der Waals surface area (Å²) in [7, 11) is -2.67. The Bertz CT molecular complexity index is 937. The van der Waals surface area contributed by atoms with E-state index in [-0.39, 0.29) is 23.3 Å². The van der Waals surface area contributed by atoms with Crippen LogP contribution in [-0.2, 0) is 14.8 Å². The molecule has 154 valence electrons. The van der Waals surface area contributed by atoms with Crippen molar-refractivity contribution < 1.29 is 23.4 Å². The predicted octanol–water partition coefficient (Wildman–Crippen LogP) is 1.80. The predicted molar refractivity (Wildman–Crippen MR) is 108 cm³/mol. The van der Waals surface area contributed by atoms with Gasteiger partial charge in [-0.15, -0.1) is 0 Å². The average Bonchev–Trinajstić information content (AvgIpc) is 2.55. The van der Waals surface area contributed by atoms with Crippen LogP contribution in [0.3, 0.4) is 0 Å². The van der Waals surface area contributed by atoms with Gasteiger partial charge in [0.1, 0.15) is 16.5 Å². The molecule has 1 aromatic carbocycles. The van der Waals surface area contributed by atoms with Crippen LogP contribution in [0.15, 0.2) is 27.7 Å². The second-order valence-corrected chi connectivity index (χ2v) is 8.57. The molecule has 0 radical (unpaired) electrons. The van der Waals surface area contributed by atoms with E-state index >= 15 is 0 Å². The fourth-order valence-electron chi connectivity index (χ4n) is 2.25. The number of hydrogen-bond acceptors (Lipinski definition) is 9. The fraction of sp³-hybridized carbons (Fsp3) is 0.333. The van der Waals surface area contributed by atoms with Crippen molar-refractivity contribution in [3.63, 3.8) is 0 Å². The first-order valence-corrected chi connectivity index (χ1v) is 10.5. The number of aromatic nitrogens is 2. The van der Waals surface area contributed by atoms with E-state index in [1.807, 2.05) is 0 Å². The number of nitrogens with two attached hydrogens (primary N) is 1. The van der Waals surface area contributed by atoms with E-state index in [1.54, 1.807) is 6.92 Å². The van der Waals surface area contributed by atoms with Gasteiger partial charge in [-0.3, -0.25) is 0 Å². The van der Waals surface area contributed by atoms with Gasteiger partial charge in [-0.05, 0) is 28.9 Å². The first-order valence-electron chi connectivity index (χ1n) is 7.81.